The largest absolute Gasteiger partial charge is 0.467 e. The fourth-order valence-electron chi connectivity index (χ4n) is 2.73. The van der Waals surface area contributed by atoms with Crippen LogP contribution in [0.25, 0.3) is 0 Å². The van der Waals surface area contributed by atoms with Crippen LogP contribution in [0.5, 0.6) is 6.01 Å². The Hall–Kier alpha value is -2.51. The Labute approximate surface area is 141 Å². The lowest BCUT2D eigenvalue weighted by molar-refractivity contribution is 0.378. The van der Waals surface area contributed by atoms with E-state index >= 15 is 0 Å². The predicted octanol–water partition coefficient (Wildman–Crippen LogP) is 1.69. The topological polar surface area (TPSA) is 80.2 Å². The monoisotopic (exact) mass is 329 g/mol. The van der Waals surface area contributed by atoms with Gasteiger partial charge in [0.2, 0.25) is 11.9 Å². The minimum absolute atomic E-state index is 0.338. The summed E-state index contributed by atoms with van der Waals surface area (Å²) < 4.78 is 5.27. The van der Waals surface area contributed by atoms with Crippen molar-refractivity contribution >= 4 is 11.9 Å². The summed E-state index contributed by atoms with van der Waals surface area (Å²) in [6, 6.07) is 0.338. The van der Waals surface area contributed by atoms with Gasteiger partial charge in [0.25, 0.3) is 0 Å². The number of ether oxygens (including phenoxy) is 1. The number of rotatable bonds is 5. The Morgan fingerprint density at radius 3 is 2.54 bits per heavy atom. The molecule has 0 aromatic carbocycles. The lowest BCUT2D eigenvalue weighted by atomic mass is 10.2. The van der Waals surface area contributed by atoms with E-state index in [4.69, 9.17) is 4.74 Å². The van der Waals surface area contributed by atoms with E-state index in [2.05, 4.69) is 29.8 Å². The molecule has 0 amide bonds. The minimum atomic E-state index is 0.338. The number of methoxy groups -OCH3 is 1. The molecular formula is C16H23N7O. The number of hydrogen-bond donors (Lipinski definition) is 0. The van der Waals surface area contributed by atoms with Crippen LogP contribution >= 0.6 is 0 Å². The molecule has 0 unspecified atom stereocenters. The standard InChI is InChI=1S/C16H23N7O/c1-22(12-13-11-17-7-8-18-13)14-19-15(21-16(20-14)24-2)23-9-5-3-4-6-10-23/h7-8,11H,3-6,9-10,12H2,1-2H3. The van der Waals surface area contributed by atoms with Gasteiger partial charge in [-0.3, -0.25) is 9.97 Å². The highest BCUT2D eigenvalue weighted by Crippen LogP contribution is 2.20. The van der Waals surface area contributed by atoms with Gasteiger partial charge in [0.05, 0.1) is 25.5 Å². The summed E-state index contributed by atoms with van der Waals surface area (Å²) in [5.41, 5.74) is 0.857. The van der Waals surface area contributed by atoms with E-state index in [-0.39, 0.29) is 0 Å². The van der Waals surface area contributed by atoms with Gasteiger partial charge < -0.3 is 14.5 Å². The summed E-state index contributed by atoms with van der Waals surface area (Å²) in [5, 5.41) is 0. The molecule has 8 nitrogen and oxygen atoms in total. The van der Waals surface area contributed by atoms with Crippen molar-refractivity contribution in [2.45, 2.75) is 32.2 Å². The van der Waals surface area contributed by atoms with Crippen molar-refractivity contribution in [1.82, 2.24) is 24.9 Å². The van der Waals surface area contributed by atoms with E-state index in [1.165, 1.54) is 25.7 Å². The maximum atomic E-state index is 5.27. The molecule has 1 aliphatic rings. The first-order valence-corrected chi connectivity index (χ1v) is 8.27. The summed E-state index contributed by atoms with van der Waals surface area (Å²) in [7, 11) is 3.50. The van der Waals surface area contributed by atoms with Gasteiger partial charge in [-0.1, -0.05) is 12.8 Å². The van der Waals surface area contributed by atoms with E-state index < -0.39 is 0 Å². The van der Waals surface area contributed by atoms with E-state index in [1.807, 2.05) is 11.9 Å². The molecule has 1 saturated heterocycles. The zero-order valence-corrected chi connectivity index (χ0v) is 14.2. The third kappa shape index (κ3) is 4.06. The first kappa shape index (κ1) is 16.4. The van der Waals surface area contributed by atoms with Gasteiger partial charge in [-0.05, 0) is 12.8 Å². The smallest absolute Gasteiger partial charge is 0.322 e. The maximum absolute atomic E-state index is 5.27. The molecule has 0 spiro atoms. The Kier molecular flexibility index (Phi) is 5.35. The van der Waals surface area contributed by atoms with Crippen molar-refractivity contribution < 1.29 is 4.74 Å². The molecule has 0 bridgehead atoms. The lowest BCUT2D eigenvalue weighted by Crippen LogP contribution is -2.28. The summed E-state index contributed by atoms with van der Waals surface area (Å²) in [6.07, 6.45) is 9.94. The quantitative estimate of drug-likeness (QED) is 0.820. The van der Waals surface area contributed by atoms with Crippen LogP contribution in [0.1, 0.15) is 31.4 Å². The number of aromatic nitrogens is 5. The van der Waals surface area contributed by atoms with Crippen molar-refractivity contribution in [2.24, 2.45) is 0 Å². The second kappa shape index (κ2) is 7.85. The SMILES string of the molecule is COc1nc(N(C)Cc2cnccn2)nc(N2CCCCCC2)n1. The van der Waals surface area contributed by atoms with Crippen molar-refractivity contribution in [3.8, 4) is 6.01 Å². The number of nitrogens with zero attached hydrogens (tertiary/aromatic N) is 7. The molecule has 0 atom stereocenters. The first-order valence-electron chi connectivity index (χ1n) is 8.27. The Balaban J connectivity index is 1.82. The van der Waals surface area contributed by atoms with Gasteiger partial charge >= 0.3 is 6.01 Å². The van der Waals surface area contributed by atoms with E-state index in [9.17, 15) is 0 Å². The third-order valence-corrected chi connectivity index (χ3v) is 4.02. The van der Waals surface area contributed by atoms with Gasteiger partial charge in [0.1, 0.15) is 0 Å². The maximum Gasteiger partial charge on any atom is 0.322 e. The molecule has 0 radical (unpaired) electrons. The molecular weight excluding hydrogens is 306 g/mol. The number of hydrogen-bond acceptors (Lipinski definition) is 8. The molecule has 1 aliphatic heterocycles. The Morgan fingerprint density at radius 2 is 1.88 bits per heavy atom. The fourth-order valence-corrected chi connectivity index (χ4v) is 2.73. The van der Waals surface area contributed by atoms with Gasteiger partial charge in [-0.2, -0.15) is 15.0 Å². The van der Waals surface area contributed by atoms with Gasteiger partial charge in [-0.15, -0.1) is 0 Å². The molecule has 0 N–H and O–H groups in total. The van der Waals surface area contributed by atoms with Crippen LogP contribution in [0, 0.1) is 0 Å². The zero-order valence-electron chi connectivity index (χ0n) is 14.2. The van der Waals surface area contributed by atoms with Crippen molar-refractivity contribution in [3.63, 3.8) is 0 Å². The van der Waals surface area contributed by atoms with E-state index in [1.54, 1.807) is 25.7 Å². The van der Waals surface area contributed by atoms with Crippen LogP contribution in [0.2, 0.25) is 0 Å². The van der Waals surface area contributed by atoms with Crippen LogP contribution in [0.3, 0.4) is 0 Å². The molecule has 2 aromatic rings. The summed E-state index contributed by atoms with van der Waals surface area (Å²) in [6.45, 7) is 2.52. The molecule has 128 valence electrons. The molecule has 1 fully saturated rings. The van der Waals surface area contributed by atoms with Crippen molar-refractivity contribution in [2.75, 3.05) is 37.0 Å². The number of anilines is 2. The molecule has 24 heavy (non-hydrogen) atoms. The average molecular weight is 329 g/mol. The Morgan fingerprint density at radius 1 is 1.08 bits per heavy atom. The second-order valence-corrected chi connectivity index (χ2v) is 5.88. The lowest BCUT2D eigenvalue weighted by Gasteiger charge is -2.23. The van der Waals surface area contributed by atoms with Gasteiger partial charge in [-0.25, -0.2) is 0 Å². The summed E-state index contributed by atoms with van der Waals surface area (Å²) in [4.78, 5) is 26.0. The van der Waals surface area contributed by atoms with Crippen LogP contribution in [-0.4, -0.2) is 52.2 Å². The van der Waals surface area contributed by atoms with Crippen molar-refractivity contribution in [1.29, 1.82) is 0 Å². The first-order chi connectivity index (χ1) is 11.8. The molecule has 0 saturated carbocycles. The zero-order chi connectivity index (χ0) is 16.8. The van der Waals surface area contributed by atoms with Crippen LogP contribution in [-0.2, 0) is 6.54 Å². The predicted molar refractivity (Wildman–Crippen MR) is 91.2 cm³/mol. The van der Waals surface area contributed by atoms with Gasteiger partial charge in [0, 0.05) is 32.5 Å². The van der Waals surface area contributed by atoms with Gasteiger partial charge in [0.15, 0.2) is 0 Å². The highest BCUT2D eigenvalue weighted by atomic mass is 16.5. The average Bonchev–Trinajstić information content (AvgIpc) is 2.91. The molecule has 3 rings (SSSR count). The van der Waals surface area contributed by atoms with Crippen LogP contribution in [0.4, 0.5) is 11.9 Å². The minimum Gasteiger partial charge on any atom is -0.467 e. The third-order valence-electron chi connectivity index (χ3n) is 4.02. The van der Waals surface area contributed by atoms with Crippen molar-refractivity contribution in [3.05, 3.63) is 24.3 Å². The van der Waals surface area contributed by atoms with E-state index in [0.29, 0.717) is 24.5 Å². The summed E-state index contributed by atoms with van der Waals surface area (Å²) >= 11 is 0. The van der Waals surface area contributed by atoms with Crippen LogP contribution in [0.15, 0.2) is 18.6 Å². The molecule has 0 aliphatic carbocycles. The summed E-state index contributed by atoms with van der Waals surface area (Å²) in [5.74, 6) is 1.26. The highest BCUT2D eigenvalue weighted by molar-refractivity contribution is 5.40. The fraction of sp³-hybridized carbons (Fsp3) is 0.562. The molecule has 8 heteroatoms. The normalized spacial score (nSPS) is 15.0. The van der Waals surface area contributed by atoms with Crippen LogP contribution < -0.4 is 14.5 Å². The molecule has 2 aromatic heterocycles. The molecule has 3 heterocycles. The highest BCUT2D eigenvalue weighted by Gasteiger charge is 2.17. The second-order valence-electron chi connectivity index (χ2n) is 5.88. The van der Waals surface area contributed by atoms with E-state index in [0.717, 1.165) is 18.8 Å². The Bertz CT molecular complexity index is 644.